The molecule has 0 saturated carbocycles. The predicted molar refractivity (Wildman–Crippen MR) is 99.7 cm³/mol. The zero-order chi connectivity index (χ0) is 16.8. The molecular weight excluding hydrogens is 320 g/mol. The Morgan fingerprint density at radius 2 is 1.79 bits per heavy atom. The van der Waals surface area contributed by atoms with Crippen LogP contribution in [0.25, 0.3) is 11.0 Å². The molecule has 3 nitrogen and oxygen atoms in total. The standard InChI is InChI=1S/C20H23ClN2O/c1-2-3-4-9-14-23-18-12-7-6-11-17(18)22-20(23)15-24-19-13-8-5-10-16(19)21/h5-8,10-13H,2-4,9,14-15H2,1H3. The lowest BCUT2D eigenvalue weighted by Crippen LogP contribution is -2.08. The van der Waals surface area contributed by atoms with Crippen LogP contribution in [-0.2, 0) is 13.2 Å². The number of rotatable bonds is 8. The monoisotopic (exact) mass is 342 g/mol. The van der Waals surface area contributed by atoms with Gasteiger partial charge in [0.1, 0.15) is 18.2 Å². The number of para-hydroxylation sites is 3. The van der Waals surface area contributed by atoms with E-state index in [2.05, 4.69) is 29.7 Å². The number of benzene rings is 2. The van der Waals surface area contributed by atoms with Crippen molar-refractivity contribution in [1.82, 2.24) is 9.55 Å². The van der Waals surface area contributed by atoms with Crippen molar-refractivity contribution in [2.75, 3.05) is 0 Å². The molecule has 0 aliphatic heterocycles. The van der Waals surface area contributed by atoms with Crippen LogP contribution >= 0.6 is 11.6 Å². The highest BCUT2D eigenvalue weighted by atomic mass is 35.5. The minimum Gasteiger partial charge on any atom is -0.484 e. The first-order valence-electron chi connectivity index (χ1n) is 8.61. The molecule has 0 N–H and O–H groups in total. The van der Waals surface area contributed by atoms with Crippen molar-refractivity contribution < 1.29 is 4.74 Å². The summed E-state index contributed by atoms with van der Waals surface area (Å²) in [6.45, 7) is 3.63. The average molecular weight is 343 g/mol. The number of hydrogen-bond donors (Lipinski definition) is 0. The molecule has 0 unspecified atom stereocenters. The van der Waals surface area contributed by atoms with E-state index < -0.39 is 0 Å². The fourth-order valence-electron chi connectivity index (χ4n) is 2.89. The molecule has 0 amide bonds. The first-order chi connectivity index (χ1) is 11.8. The number of halogens is 1. The summed E-state index contributed by atoms with van der Waals surface area (Å²) in [5.74, 6) is 1.65. The van der Waals surface area contributed by atoms with Crippen LogP contribution in [0.5, 0.6) is 5.75 Å². The molecule has 0 atom stereocenters. The molecule has 3 aromatic rings. The summed E-state index contributed by atoms with van der Waals surface area (Å²) in [4.78, 5) is 4.75. The Balaban J connectivity index is 1.79. The van der Waals surface area contributed by atoms with E-state index in [-0.39, 0.29) is 0 Å². The first-order valence-corrected chi connectivity index (χ1v) is 8.99. The summed E-state index contributed by atoms with van der Waals surface area (Å²) < 4.78 is 8.18. The molecule has 0 fully saturated rings. The van der Waals surface area contributed by atoms with Gasteiger partial charge >= 0.3 is 0 Å². The Kier molecular flexibility index (Phi) is 5.76. The Morgan fingerprint density at radius 3 is 2.62 bits per heavy atom. The highest BCUT2D eigenvalue weighted by Crippen LogP contribution is 2.25. The van der Waals surface area contributed by atoms with E-state index >= 15 is 0 Å². The Morgan fingerprint density at radius 1 is 1.00 bits per heavy atom. The minimum atomic E-state index is 0.423. The fourth-order valence-corrected chi connectivity index (χ4v) is 3.08. The van der Waals surface area contributed by atoms with E-state index in [1.165, 1.54) is 24.8 Å². The van der Waals surface area contributed by atoms with Gasteiger partial charge in [0, 0.05) is 6.54 Å². The van der Waals surface area contributed by atoms with Crippen LogP contribution in [0.2, 0.25) is 5.02 Å². The zero-order valence-corrected chi connectivity index (χ0v) is 14.8. The summed E-state index contributed by atoms with van der Waals surface area (Å²) in [5, 5.41) is 0.628. The van der Waals surface area contributed by atoms with Gasteiger partial charge in [0.05, 0.1) is 16.1 Å². The molecule has 1 heterocycles. The van der Waals surface area contributed by atoms with Crippen molar-refractivity contribution >= 4 is 22.6 Å². The van der Waals surface area contributed by atoms with Crippen molar-refractivity contribution in [2.45, 2.75) is 45.8 Å². The van der Waals surface area contributed by atoms with Gasteiger partial charge in [0.15, 0.2) is 0 Å². The Labute approximate surface area is 148 Å². The highest BCUT2D eigenvalue weighted by Gasteiger charge is 2.11. The molecule has 3 rings (SSSR count). The van der Waals surface area contributed by atoms with E-state index in [0.717, 1.165) is 24.3 Å². The normalized spacial score (nSPS) is 11.1. The number of fused-ring (bicyclic) bond motifs is 1. The molecule has 0 aliphatic carbocycles. The maximum atomic E-state index is 6.18. The number of ether oxygens (including phenoxy) is 1. The van der Waals surface area contributed by atoms with Crippen molar-refractivity contribution in [1.29, 1.82) is 0 Å². The molecular formula is C20H23ClN2O. The fraction of sp³-hybridized carbons (Fsp3) is 0.350. The zero-order valence-electron chi connectivity index (χ0n) is 14.0. The summed E-state index contributed by atoms with van der Waals surface area (Å²) in [7, 11) is 0. The highest BCUT2D eigenvalue weighted by molar-refractivity contribution is 6.32. The number of hydrogen-bond acceptors (Lipinski definition) is 2. The minimum absolute atomic E-state index is 0.423. The smallest absolute Gasteiger partial charge is 0.147 e. The Hall–Kier alpha value is -2.00. The third kappa shape index (κ3) is 3.90. The van der Waals surface area contributed by atoms with Crippen LogP contribution < -0.4 is 4.74 Å². The molecule has 1 aromatic heterocycles. The molecule has 0 radical (unpaired) electrons. The second-order valence-corrected chi connectivity index (χ2v) is 6.36. The van der Waals surface area contributed by atoms with E-state index in [9.17, 15) is 0 Å². The maximum Gasteiger partial charge on any atom is 0.147 e. The molecule has 24 heavy (non-hydrogen) atoms. The Bertz CT molecular complexity index is 797. The van der Waals surface area contributed by atoms with Crippen molar-refractivity contribution in [3.63, 3.8) is 0 Å². The van der Waals surface area contributed by atoms with E-state index in [1.54, 1.807) is 0 Å². The van der Waals surface area contributed by atoms with Crippen molar-refractivity contribution in [3.8, 4) is 5.75 Å². The molecule has 0 bridgehead atoms. The van der Waals surface area contributed by atoms with Crippen LogP contribution in [-0.4, -0.2) is 9.55 Å². The topological polar surface area (TPSA) is 27.1 Å². The van der Waals surface area contributed by atoms with Gasteiger partial charge in [0.2, 0.25) is 0 Å². The number of nitrogens with zero attached hydrogens (tertiary/aromatic N) is 2. The molecule has 0 aliphatic rings. The lowest BCUT2D eigenvalue weighted by Gasteiger charge is -2.11. The maximum absolute atomic E-state index is 6.18. The largest absolute Gasteiger partial charge is 0.484 e. The molecule has 0 saturated heterocycles. The van der Waals surface area contributed by atoms with Gasteiger partial charge in [-0.2, -0.15) is 0 Å². The second kappa shape index (κ2) is 8.20. The average Bonchev–Trinajstić information content (AvgIpc) is 2.96. The van der Waals surface area contributed by atoms with Gasteiger partial charge in [-0.05, 0) is 30.7 Å². The quantitative estimate of drug-likeness (QED) is 0.480. The van der Waals surface area contributed by atoms with Gasteiger partial charge in [-0.15, -0.1) is 0 Å². The van der Waals surface area contributed by atoms with Gasteiger partial charge < -0.3 is 9.30 Å². The number of aromatic nitrogens is 2. The molecule has 126 valence electrons. The van der Waals surface area contributed by atoms with Gasteiger partial charge in [0.25, 0.3) is 0 Å². The van der Waals surface area contributed by atoms with Crippen LogP contribution in [0.1, 0.15) is 38.4 Å². The number of unbranched alkanes of at least 4 members (excludes halogenated alkanes) is 3. The SMILES string of the molecule is CCCCCCn1c(COc2ccccc2Cl)nc2ccccc21. The van der Waals surface area contributed by atoms with Gasteiger partial charge in [-0.1, -0.05) is 62.1 Å². The summed E-state index contributed by atoms with van der Waals surface area (Å²) in [5.41, 5.74) is 2.19. The van der Waals surface area contributed by atoms with Crippen LogP contribution in [0, 0.1) is 0 Å². The molecule has 4 heteroatoms. The summed E-state index contributed by atoms with van der Waals surface area (Å²) in [6, 6.07) is 15.8. The second-order valence-electron chi connectivity index (χ2n) is 5.95. The number of aryl methyl sites for hydroxylation is 1. The molecule has 0 spiro atoms. The first kappa shape index (κ1) is 16.8. The van der Waals surface area contributed by atoms with Crippen molar-refractivity contribution in [2.24, 2.45) is 0 Å². The third-order valence-electron chi connectivity index (χ3n) is 4.16. The van der Waals surface area contributed by atoms with Gasteiger partial charge in [-0.3, -0.25) is 0 Å². The van der Waals surface area contributed by atoms with Crippen molar-refractivity contribution in [3.05, 3.63) is 59.4 Å². The van der Waals surface area contributed by atoms with E-state index in [0.29, 0.717) is 17.4 Å². The predicted octanol–water partition coefficient (Wildman–Crippen LogP) is 5.85. The lowest BCUT2D eigenvalue weighted by atomic mass is 10.2. The summed E-state index contributed by atoms with van der Waals surface area (Å²) >= 11 is 6.18. The lowest BCUT2D eigenvalue weighted by molar-refractivity contribution is 0.289. The van der Waals surface area contributed by atoms with Gasteiger partial charge in [-0.25, -0.2) is 4.98 Å². The summed E-state index contributed by atoms with van der Waals surface area (Å²) in [6.07, 6.45) is 4.92. The van der Waals surface area contributed by atoms with Crippen LogP contribution in [0.4, 0.5) is 0 Å². The number of imidazole rings is 1. The van der Waals surface area contributed by atoms with E-state index in [1.807, 2.05) is 30.3 Å². The molecule has 2 aromatic carbocycles. The third-order valence-corrected chi connectivity index (χ3v) is 4.47. The van der Waals surface area contributed by atoms with E-state index in [4.69, 9.17) is 21.3 Å². The van der Waals surface area contributed by atoms with Crippen LogP contribution in [0.3, 0.4) is 0 Å². The van der Waals surface area contributed by atoms with Crippen LogP contribution in [0.15, 0.2) is 48.5 Å².